The Morgan fingerprint density at radius 3 is 2.06 bits per heavy atom. The van der Waals surface area contributed by atoms with Crippen LogP contribution in [0.2, 0.25) is 5.04 Å². The smallest absolute Gasteiger partial charge is 0.269 e. The van der Waals surface area contributed by atoms with Crippen LogP contribution in [0.25, 0.3) is 0 Å². The van der Waals surface area contributed by atoms with Gasteiger partial charge in [-0.2, -0.15) is 0 Å². The zero-order valence-corrected chi connectivity index (χ0v) is 20.2. The highest BCUT2D eigenvalue weighted by molar-refractivity contribution is 6.99. The maximum Gasteiger partial charge on any atom is 0.269 e. The minimum atomic E-state index is -2.73. The number of aliphatic imine (C=N–C) groups is 1. The van der Waals surface area contributed by atoms with E-state index in [1.54, 1.807) is 12.1 Å². The summed E-state index contributed by atoms with van der Waals surface area (Å²) >= 11 is 0. The molecule has 0 atom stereocenters. The topological polar surface area (TPSA) is 64.7 Å². The predicted molar refractivity (Wildman–Crippen MR) is 137 cm³/mol. The number of non-ortho nitro benzene ring substituents is 1. The van der Waals surface area contributed by atoms with Gasteiger partial charge in [0.15, 0.2) is 0 Å². The lowest BCUT2D eigenvalue weighted by molar-refractivity contribution is -0.384. The fraction of sp³-hybridized carbons (Fsp3) is 0.222. The Labute approximate surface area is 196 Å². The van der Waals surface area contributed by atoms with E-state index in [-0.39, 0.29) is 17.3 Å². The van der Waals surface area contributed by atoms with Crippen molar-refractivity contribution in [1.29, 1.82) is 0 Å². The van der Waals surface area contributed by atoms with Gasteiger partial charge in [-0.25, -0.2) is 0 Å². The molecule has 0 saturated heterocycles. The van der Waals surface area contributed by atoms with Gasteiger partial charge < -0.3 is 4.43 Å². The molecule has 0 aliphatic heterocycles. The molecule has 0 N–H and O–H groups in total. The van der Waals surface area contributed by atoms with Crippen molar-refractivity contribution in [2.75, 3.05) is 0 Å². The van der Waals surface area contributed by atoms with Crippen molar-refractivity contribution in [3.05, 3.63) is 100 Å². The number of rotatable bonds is 8. The highest BCUT2D eigenvalue weighted by Crippen LogP contribution is 2.37. The molecular weight excluding hydrogens is 428 g/mol. The Kier molecular flexibility index (Phi) is 7.59. The Balaban J connectivity index is 2.10. The van der Waals surface area contributed by atoms with Crippen molar-refractivity contribution in [3.8, 4) is 12.3 Å². The summed E-state index contributed by atoms with van der Waals surface area (Å²) in [6, 6.07) is 25.6. The van der Waals surface area contributed by atoms with Crippen LogP contribution < -0.4 is 10.4 Å². The number of hydrogen-bond acceptors (Lipinski definition) is 4. The Bertz CT molecular complexity index is 1120. The fourth-order valence-corrected chi connectivity index (χ4v) is 8.69. The number of terminal acetylenes is 1. The second-order valence-corrected chi connectivity index (χ2v) is 13.1. The van der Waals surface area contributed by atoms with E-state index in [1.807, 2.05) is 36.4 Å². The van der Waals surface area contributed by atoms with Gasteiger partial charge in [-0.15, -0.1) is 6.42 Å². The van der Waals surface area contributed by atoms with Crippen LogP contribution in [0.3, 0.4) is 0 Å². The number of hydrogen-bond donors (Lipinski definition) is 0. The van der Waals surface area contributed by atoms with Crippen molar-refractivity contribution >= 4 is 30.6 Å². The summed E-state index contributed by atoms with van der Waals surface area (Å²) in [7, 11) is -2.73. The van der Waals surface area contributed by atoms with Crippen molar-refractivity contribution in [2.45, 2.75) is 39.0 Å². The van der Waals surface area contributed by atoms with Crippen LogP contribution in [0.1, 0.15) is 31.9 Å². The lowest BCUT2D eigenvalue weighted by atomic mass is 10.1. The van der Waals surface area contributed by atoms with E-state index in [1.165, 1.54) is 22.7 Å². The monoisotopic (exact) mass is 456 g/mol. The largest absolute Gasteiger partial charge is 0.403 e. The number of benzene rings is 3. The van der Waals surface area contributed by atoms with Crippen LogP contribution >= 0.6 is 0 Å². The summed E-state index contributed by atoms with van der Waals surface area (Å²) in [5.74, 6) is 2.36. The summed E-state index contributed by atoms with van der Waals surface area (Å²) < 4.78 is 6.98. The van der Waals surface area contributed by atoms with E-state index in [2.05, 4.69) is 55.9 Å². The zero-order chi connectivity index (χ0) is 23.9. The molecule has 0 radical (unpaired) electrons. The molecule has 0 unspecified atom stereocenters. The molecule has 5 nitrogen and oxygen atoms in total. The lowest BCUT2D eigenvalue weighted by Gasteiger charge is -2.43. The molecule has 33 heavy (non-hydrogen) atoms. The highest BCUT2D eigenvalue weighted by atomic mass is 28.4. The SMILES string of the molecule is C#CC=NCc1cc([N+](=O)[O-])ccc1CO[Si](c1ccccc1)(c1ccccc1)C(C)(C)C. The quantitative estimate of drug-likeness (QED) is 0.160. The highest BCUT2D eigenvalue weighted by Gasteiger charge is 2.50. The second-order valence-electron chi connectivity index (χ2n) is 8.80. The molecule has 0 aliphatic carbocycles. The molecule has 0 fully saturated rings. The van der Waals surface area contributed by atoms with Crippen molar-refractivity contribution in [2.24, 2.45) is 4.99 Å². The van der Waals surface area contributed by atoms with Gasteiger partial charge in [-0.05, 0) is 32.6 Å². The molecule has 0 heterocycles. The summed E-state index contributed by atoms with van der Waals surface area (Å²) in [5.41, 5.74) is 1.62. The van der Waals surface area contributed by atoms with Crippen LogP contribution in [-0.2, 0) is 17.6 Å². The molecule has 3 rings (SSSR count). The molecule has 0 saturated carbocycles. The maximum atomic E-state index is 11.3. The first-order valence-electron chi connectivity index (χ1n) is 10.7. The average Bonchev–Trinajstić information content (AvgIpc) is 2.80. The van der Waals surface area contributed by atoms with Crippen LogP contribution in [-0.4, -0.2) is 19.5 Å². The summed E-state index contributed by atoms with van der Waals surface area (Å²) in [4.78, 5) is 15.1. The number of nitro benzene ring substituents is 1. The van der Waals surface area contributed by atoms with Gasteiger partial charge in [0.25, 0.3) is 14.0 Å². The van der Waals surface area contributed by atoms with E-state index < -0.39 is 13.2 Å². The van der Waals surface area contributed by atoms with Crippen molar-refractivity contribution in [1.82, 2.24) is 0 Å². The minimum Gasteiger partial charge on any atom is -0.403 e. The third-order valence-corrected chi connectivity index (χ3v) is 10.7. The normalized spacial score (nSPS) is 11.9. The standard InChI is InChI=1S/C27H28N2O3Si/c1-5-18-28-20-23-19-24(29(30)31)17-16-22(23)21-32-33(27(2,3)4,25-12-8-6-9-13-25)26-14-10-7-11-15-26/h1,6-19H,20-21H2,2-4H3. The van der Waals surface area contributed by atoms with Crippen LogP contribution in [0, 0.1) is 22.5 Å². The molecule has 3 aromatic rings. The number of nitrogens with zero attached hydrogens (tertiary/aromatic N) is 2. The first kappa shape index (κ1) is 24.1. The van der Waals surface area contributed by atoms with Crippen molar-refractivity contribution in [3.63, 3.8) is 0 Å². The summed E-state index contributed by atoms with van der Waals surface area (Å²) in [6.07, 6.45) is 6.64. The first-order valence-corrected chi connectivity index (χ1v) is 12.7. The van der Waals surface area contributed by atoms with E-state index in [0.717, 1.165) is 11.1 Å². The molecule has 0 aromatic heterocycles. The Morgan fingerprint density at radius 2 is 1.58 bits per heavy atom. The van der Waals surface area contributed by atoms with Crippen LogP contribution in [0.4, 0.5) is 5.69 Å². The molecular formula is C27H28N2O3Si. The van der Waals surface area contributed by atoms with Crippen molar-refractivity contribution < 1.29 is 9.35 Å². The van der Waals surface area contributed by atoms with E-state index in [0.29, 0.717) is 6.61 Å². The van der Waals surface area contributed by atoms with Gasteiger partial charge in [0.1, 0.15) is 0 Å². The second kappa shape index (κ2) is 10.4. The average molecular weight is 457 g/mol. The van der Waals surface area contributed by atoms with E-state index in [4.69, 9.17) is 10.8 Å². The van der Waals surface area contributed by atoms with E-state index in [9.17, 15) is 10.1 Å². The maximum absolute atomic E-state index is 11.3. The summed E-state index contributed by atoms with van der Waals surface area (Å²) in [6.45, 7) is 7.21. The fourth-order valence-electron chi connectivity index (χ4n) is 4.16. The zero-order valence-electron chi connectivity index (χ0n) is 19.2. The minimum absolute atomic E-state index is 0.0232. The predicted octanol–water partition coefficient (Wildman–Crippen LogP) is 4.88. The van der Waals surface area contributed by atoms with Gasteiger partial charge in [-0.1, -0.05) is 87.4 Å². The molecule has 0 aliphatic rings. The van der Waals surface area contributed by atoms with Gasteiger partial charge >= 0.3 is 0 Å². The molecule has 0 spiro atoms. The lowest BCUT2D eigenvalue weighted by Crippen LogP contribution is -2.66. The van der Waals surface area contributed by atoms with Crippen LogP contribution in [0.5, 0.6) is 0 Å². The van der Waals surface area contributed by atoms with Gasteiger partial charge in [-0.3, -0.25) is 15.1 Å². The summed E-state index contributed by atoms with van der Waals surface area (Å²) in [5, 5.41) is 13.5. The molecule has 0 amide bonds. The molecule has 6 heteroatoms. The third kappa shape index (κ3) is 5.28. The molecule has 0 bridgehead atoms. The van der Waals surface area contributed by atoms with Crippen LogP contribution in [0.15, 0.2) is 83.9 Å². The van der Waals surface area contributed by atoms with Gasteiger partial charge in [0, 0.05) is 12.1 Å². The van der Waals surface area contributed by atoms with Gasteiger partial charge in [0.05, 0.1) is 24.3 Å². The Morgan fingerprint density at radius 1 is 1.00 bits per heavy atom. The Hall–Kier alpha value is -3.53. The third-order valence-electron chi connectivity index (χ3n) is 5.69. The van der Waals surface area contributed by atoms with E-state index >= 15 is 0 Å². The van der Waals surface area contributed by atoms with Gasteiger partial charge in [0.2, 0.25) is 0 Å². The number of nitro groups is 1. The first-order chi connectivity index (χ1) is 15.8. The molecule has 168 valence electrons. The molecule has 3 aromatic carbocycles.